The molecule has 0 saturated heterocycles. The van der Waals surface area contributed by atoms with Crippen LogP contribution in [-0.4, -0.2) is 13.3 Å². The van der Waals surface area contributed by atoms with E-state index in [0.717, 1.165) is 37.5 Å². The van der Waals surface area contributed by atoms with Crippen molar-refractivity contribution in [3.63, 3.8) is 0 Å². The van der Waals surface area contributed by atoms with Crippen molar-refractivity contribution in [1.29, 1.82) is 0 Å². The van der Waals surface area contributed by atoms with E-state index >= 15 is 0 Å². The van der Waals surface area contributed by atoms with E-state index in [1.807, 2.05) is 0 Å². The molecular weight excluding hydrogens is 455 g/mol. The van der Waals surface area contributed by atoms with E-state index in [9.17, 15) is 4.39 Å². The van der Waals surface area contributed by atoms with Crippen LogP contribution in [0.4, 0.5) is 4.39 Å². The van der Waals surface area contributed by atoms with Gasteiger partial charge in [0.25, 0.3) is 0 Å². The maximum Gasteiger partial charge on any atom is 0.119 e. The summed E-state index contributed by atoms with van der Waals surface area (Å²) in [5, 5.41) is 0. The third kappa shape index (κ3) is 8.19. The van der Waals surface area contributed by atoms with Gasteiger partial charge in [0.05, 0.1) is 13.3 Å². The van der Waals surface area contributed by atoms with Crippen molar-refractivity contribution in [2.45, 2.75) is 89.9 Å². The molecule has 1 saturated carbocycles. The van der Waals surface area contributed by atoms with Gasteiger partial charge in [-0.25, -0.2) is 0 Å². The first-order valence-electron chi connectivity index (χ1n) is 14.8. The Morgan fingerprint density at radius 2 is 1.32 bits per heavy atom. The van der Waals surface area contributed by atoms with Crippen LogP contribution in [0.15, 0.2) is 72.8 Å². The topological polar surface area (TPSA) is 9.23 Å². The molecule has 0 unspecified atom stereocenters. The molecule has 0 aliphatic heterocycles. The van der Waals surface area contributed by atoms with E-state index in [0.29, 0.717) is 5.92 Å². The minimum Gasteiger partial charge on any atom is -0.494 e. The van der Waals surface area contributed by atoms with Crippen molar-refractivity contribution in [3.05, 3.63) is 78.4 Å². The van der Waals surface area contributed by atoms with Crippen LogP contribution in [0.5, 0.6) is 5.75 Å². The third-order valence-corrected chi connectivity index (χ3v) is 8.14. The Morgan fingerprint density at radius 3 is 2.03 bits per heavy atom. The zero-order chi connectivity index (χ0) is 25.7. The first-order chi connectivity index (χ1) is 18.3. The van der Waals surface area contributed by atoms with Crippen LogP contribution in [0.3, 0.4) is 0 Å². The number of rotatable bonds is 14. The highest BCUT2D eigenvalue weighted by Crippen LogP contribution is 2.41. The van der Waals surface area contributed by atoms with Gasteiger partial charge in [-0.05, 0) is 90.3 Å². The molecule has 0 radical (unpaired) electrons. The molecule has 1 nitrogen and oxygen atoms in total. The van der Waals surface area contributed by atoms with Gasteiger partial charge in [-0.2, -0.15) is 0 Å². The molecule has 4 rings (SSSR count). The molecule has 3 aromatic rings. The first-order valence-corrected chi connectivity index (χ1v) is 14.8. The second kappa shape index (κ2) is 15.0. The Hall–Kier alpha value is -2.61. The van der Waals surface area contributed by atoms with E-state index in [-0.39, 0.29) is 6.67 Å². The molecule has 0 N–H and O–H groups in total. The van der Waals surface area contributed by atoms with Gasteiger partial charge in [0.2, 0.25) is 0 Å². The summed E-state index contributed by atoms with van der Waals surface area (Å²) in [6.07, 6.45) is 14.3. The highest BCUT2D eigenvalue weighted by atomic mass is 19.1. The van der Waals surface area contributed by atoms with Crippen LogP contribution >= 0.6 is 0 Å². The maximum atomic E-state index is 12.4. The molecule has 0 spiro atoms. The second-order valence-electron chi connectivity index (χ2n) is 10.9. The van der Waals surface area contributed by atoms with Crippen molar-refractivity contribution in [2.75, 3.05) is 13.3 Å². The normalized spacial score (nSPS) is 17.6. The minimum absolute atomic E-state index is 0.166. The Morgan fingerprint density at radius 1 is 0.676 bits per heavy atom. The number of benzene rings is 3. The highest BCUT2D eigenvalue weighted by molar-refractivity contribution is 5.73. The number of hydrogen-bond acceptors (Lipinski definition) is 1. The molecule has 0 amide bonds. The van der Waals surface area contributed by atoms with E-state index in [4.69, 9.17) is 4.74 Å². The lowest BCUT2D eigenvalue weighted by Crippen LogP contribution is -2.14. The molecule has 198 valence electrons. The van der Waals surface area contributed by atoms with Crippen molar-refractivity contribution in [3.8, 4) is 28.0 Å². The van der Waals surface area contributed by atoms with Crippen molar-refractivity contribution >= 4 is 0 Å². The van der Waals surface area contributed by atoms with E-state index in [1.165, 1.54) is 85.6 Å². The predicted octanol–water partition coefficient (Wildman–Crippen LogP) is 10.8. The lowest BCUT2D eigenvalue weighted by atomic mass is 9.75. The fourth-order valence-electron chi connectivity index (χ4n) is 5.89. The number of halogens is 1. The molecule has 37 heavy (non-hydrogen) atoms. The average Bonchev–Trinajstić information content (AvgIpc) is 2.96. The summed E-state index contributed by atoms with van der Waals surface area (Å²) >= 11 is 0. The molecule has 3 aromatic carbocycles. The van der Waals surface area contributed by atoms with Crippen LogP contribution in [0.25, 0.3) is 22.3 Å². The second-order valence-corrected chi connectivity index (χ2v) is 10.9. The third-order valence-electron chi connectivity index (χ3n) is 8.14. The fraction of sp³-hybridized carbons (Fsp3) is 0.486. The summed E-state index contributed by atoms with van der Waals surface area (Å²) in [5.41, 5.74) is 6.63. The van der Waals surface area contributed by atoms with E-state index < -0.39 is 0 Å². The molecule has 0 heterocycles. The first kappa shape index (κ1) is 27.4. The van der Waals surface area contributed by atoms with Gasteiger partial charge < -0.3 is 4.74 Å². The van der Waals surface area contributed by atoms with Gasteiger partial charge in [-0.3, -0.25) is 4.39 Å². The summed E-state index contributed by atoms with van der Waals surface area (Å²) in [5.74, 6) is 2.38. The lowest BCUT2D eigenvalue weighted by molar-refractivity contribution is 0.298. The monoisotopic (exact) mass is 500 g/mol. The van der Waals surface area contributed by atoms with Gasteiger partial charge in [0.15, 0.2) is 0 Å². The number of ether oxygens (including phenoxy) is 1. The molecule has 1 aliphatic rings. The van der Waals surface area contributed by atoms with Crippen LogP contribution < -0.4 is 4.74 Å². The largest absolute Gasteiger partial charge is 0.494 e. The molecular formula is C35H45FO. The highest BCUT2D eigenvalue weighted by Gasteiger charge is 2.24. The summed E-state index contributed by atoms with van der Waals surface area (Å²) in [6.45, 7) is 2.88. The standard InChI is InChI=1S/C35H45FO/c1-2-3-4-5-10-27-37-33-24-22-30(23-25-33)29-18-20-32(21-19-29)35-13-7-6-12-34(35)31-16-14-28(15-17-31)11-8-9-26-36/h6-7,12-13,18-25,28,31H,2-5,8-11,14-17,26-27H2,1H3/t28-,31-. The Kier molecular flexibility index (Phi) is 11.1. The molecule has 0 aromatic heterocycles. The maximum absolute atomic E-state index is 12.4. The lowest BCUT2D eigenvalue weighted by Gasteiger charge is -2.30. The van der Waals surface area contributed by atoms with Crippen LogP contribution in [0.1, 0.15) is 95.5 Å². The summed E-state index contributed by atoms with van der Waals surface area (Å²) in [4.78, 5) is 0. The Bertz CT molecular complexity index is 1030. The SMILES string of the molecule is CCCCCCCOc1ccc(-c2ccc(-c3ccccc3[C@H]3CC[C@H](CCCCF)CC3)cc2)cc1. The fourth-order valence-corrected chi connectivity index (χ4v) is 5.89. The number of hydrogen-bond donors (Lipinski definition) is 0. The van der Waals surface area contributed by atoms with Gasteiger partial charge >= 0.3 is 0 Å². The van der Waals surface area contributed by atoms with Crippen molar-refractivity contribution in [2.24, 2.45) is 5.92 Å². The van der Waals surface area contributed by atoms with Crippen LogP contribution in [-0.2, 0) is 0 Å². The van der Waals surface area contributed by atoms with Gasteiger partial charge in [0, 0.05) is 0 Å². The predicted molar refractivity (Wildman–Crippen MR) is 156 cm³/mol. The van der Waals surface area contributed by atoms with Crippen molar-refractivity contribution < 1.29 is 9.13 Å². The molecule has 2 heteroatoms. The smallest absolute Gasteiger partial charge is 0.119 e. The Labute approximate surface area is 224 Å². The van der Waals surface area contributed by atoms with E-state index in [1.54, 1.807) is 0 Å². The molecule has 0 atom stereocenters. The average molecular weight is 501 g/mol. The zero-order valence-electron chi connectivity index (χ0n) is 22.8. The molecule has 0 bridgehead atoms. The van der Waals surface area contributed by atoms with Gasteiger partial charge in [0.1, 0.15) is 5.75 Å². The minimum atomic E-state index is -0.166. The zero-order valence-corrected chi connectivity index (χ0v) is 22.8. The molecule has 1 fully saturated rings. The Balaban J connectivity index is 1.34. The van der Waals surface area contributed by atoms with Gasteiger partial charge in [-0.1, -0.05) is 106 Å². The van der Waals surface area contributed by atoms with E-state index in [2.05, 4.69) is 79.7 Å². The van der Waals surface area contributed by atoms with Crippen LogP contribution in [0.2, 0.25) is 0 Å². The molecule has 1 aliphatic carbocycles. The quantitative estimate of drug-likeness (QED) is 0.200. The van der Waals surface area contributed by atoms with Crippen LogP contribution in [0, 0.1) is 5.92 Å². The summed E-state index contributed by atoms with van der Waals surface area (Å²) in [6, 6.07) is 26.5. The summed E-state index contributed by atoms with van der Waals surface area (Å²) in [7, 11) is 0. The number of unbranched alkanes of at least 4 members (excludes halogenated alkanes) is 5. The summed E-state index contributed by atoms with van der Waals surface area (Å²) < 4.78 is 18.4. The van der Waals surface area contributed by atoms with Crippen molar-refractivity contribution in [1.82, 2.24) is 0 Å². The van der Waals surface area contributed by atoms with Gasteiger partial charge in [-0.15, -0.1) is 0 Å². The number of alkyl halides is 1.